The Balaban J connectivity index is 2.25. The Kier molecular flexibility index (Phi) is 3.58. The van der Waals surface area contributed by atoms with Crippen molar-refractivity contribution in [1.29, 1.82) is 5.26 Å². The molecule has 1 unspecified atom stereocenters. The standard InChI is InChI=1S/C13H13FN4/c1-2-11(13-16-5-6-17-13)18-12-4-3-10(14)7-9(12)8-15/h3-7,11,18H,2H2,1H3,(H,16,17). The van der Waals surface area contributed by atoms with E-state index >= 15 is 0 Å². The highest BCUT2D eigenvalue weighted by atomic mass is 19.1. The lowest BCUT2D eigenvalue weighted by atomic mass is 10.1. The van der Waals surface area contributed by atoms with Gasteiger partial charge in [0.25, 0.3) is 0 Å². The van der Waals surface area contributed by atoms with E-state index in [0.717, 1.165) is 12.2 Å². The van der Waals surface area contributed by atoms with Gasteiger partial charge in [0.1, 0.15) is 17.7 Å². The van der Waals surface area contributed by atoms with Crippen LogP contribution in [-0.2, 0) is 0 Å². The maximum absolute atomic E-state index is 13.0. The highest BCUT2D eigenvalue weighted by molar-refractivity contribution is 5.58. The number of aromatic nitrogens is 2. The van der Waals surface area contributed by atoms with Crippen molar-refractivity contribution in [3.05, 3.63) is 47.8 Å². The van der Waals surface area contributed by atoms with Crippen molar-refractivity contribution in [2.45, 2.75) is 19.4 Å². The molecule has 2 rings (SSSR count). The normalized spacial score (nSPS) is 11.8. The molecule has 2 N–H and O–H groups in total. The first kappa shape index (κ1) is 12.1. The van der Waals surface area contributed by atoms with Crippen molar-refractivity contribution >= 4 is 5.69 Å². The average Bonchev–Trinajstić information content (AvgIpc) is 2.91. The fourth-order valence-electron chi connectivity index (χ4n) is 1.75. The minimum atomic E-state index is -0.414. The molecule has 0 saturated carbocycles. The molecule has 0 spiro atoms. The van der Waals surface area contributed by atoms with E-state index in [1.165, 1.54) is 12.1 Å². The summed E-state index contributed by atoms with van der Waals surface area (Å²) in [6, 6.07) is 6.07. The Morgan fingerprint density at radius 3 is 3.00 bits per heavy atom. The van der Waals surface area contributed by atoms with Gasteiger partial charge in [-0.1, -0.05) is 6.92 Å². The van der Waals surface area contributed by atoms with Crippen molar-refractivity contribution in [2.75, 3.05) is 5.32 Å². The Morgan fingerprint density at radius 2 is 2.39 bits per heavy atom. The minimum Gasteiger partial charge on any atom is -0.374 e. The molecule has 0 amide bonds. The van der Waals surface area contributed by atoms with Gasteiger partial charge in [-0.15, -0.1) is 0 Å². The Bertz CT molecular complexity index is 557. The van der Waals surface area contributed by atoms with Gasteiger partial charge < -0.3 is 10.3 Å². The van der Waals surface area contributed by atoms with Crippen LogP contribution in [0.15, 0.2) is 30.6 Å². The molecule has 0 fully saturated rings. The Morgan fingerprint density at radius 1 is 1.56 bits per heavy atom. The molecule has 4 nitrogen and oxygen atoms in total. The predicted octanol–water partition coefficient (Wildman–Crippen LogP) is 2.98. The first-order chi connectivity index (χ1) is 8.74. The molecule has 2 aromatic rings. The van der Waals surface area contributed by atoms with Crippen molar-refractivity contribution in [3.8, 4) is 6.07 Å². The molecule has 1 aromatic carbocycles. The zero-order chi connectivity index (χ0) is 13.0. The third kappa shape index (κ3) is 2.48. The first-order valence-electron chi connectivity index (χ1n) is 5.70. The molecule has 1 heterocycles. The summed E-state index contributed by atoms with van der Waals surface area (Å²) >= 11 is 0. The van der Waals surface area contributed by atoms with E-state index in [1.54, 1.807) is 18.5 Å². The van der Waals surface area contributed by atoms with Crippen LogP contribution in [0.1, 0.15) is 30.8 Å². The maximum Gasteiger partial charge on any atom is 0.128 e. The van der Waals surface area contributed by atoms with Gasteiger partial charge in [-0.2, -0.15) is 5.26 Å². The van der Waals surface area contributed by atoms with E-state index in [9.17, 15) is 4.39 Å². The van der Waals surface area contributed by atoms with Crippen LogP contribution < -0.4 is 5.32 Å². The summed E-state index contributed by atoms with van der Waals surface area (Å²) in [6.07, 6.45) is 4.22. The van der Waals surface area contributed by atoms with E-state index in [0.29, 0.717) is 11.3 Å². The summed E-state index contributed by atoms with van der Waals surface area (Å²) in [5, 5.41) is 12.2. The quantitative estimate of drug-likeness (QED) is 0.869. The number of benzene rings is 1. The number of H-pyrrole nitrogens is 1. The molecule has 0 aliphatic heterocycles. The molecule has 1 atom stereocenters. The van der Waals surface area contributed by atoms with Gasteiger partial charge >= 0.3 is 0 Å². The van der Waals surface area contributed by atoms with Gasteiger partial charge in [-0.25, -0.2) is 9.37 Å². The number of nitriles is 1. The van der Waals surface area contributed by atoms with Gasteiger partial charge in [0.05, 0.1) is 17.3 Å². The van der Waals surface area contributed by atoms with Crippen LogP contribution >= 0.6 is 0 Å². The lowest BCUT2D eigenvalue weighted by Crippen LogP contribution is -2.12. The highest BCUT2D eigenvalue weighted by Gasteiger charge is 2.13. The van der Waals surface area contributed by atoms with Crippen molar-refractivity contribution in [3.63, 3.8) is 0 Å². The first-order valence-corrected chi connectivity index (χ1v) is 5.70. The van der Waals surface area contributed by atoms with Crippen molar-refractivity contribution in [2.24, 2.45) is 0 Å². The van der Waals surface area contributed by atoms with Gasteiger partial charge in [0, 0.05) is 12.4 Å². The fourth-order valence-corrected chi connectivity index (χ4v) is 1.75. The molecular weight excluding hydrogens is 231 g/mol. The number of hydrogen-bond donors (Lipinski definition) is 2. The molecular formula is C13H13FN4. The third-order valence-electron chi connectivity index (χ3n) is 2.69. The van der Waals surface area contributed by atoms with Crippen LogP contribution in [0.5, 0.6) is 0 Å². The lowest BCUT2D eigenvalue weighted by molar-refractivity contribution is 0.627. The Hall–Kier alpha value is -2.35. The molecule has 0 saturated heterocycles. The summed E-state index contributed by atoms with van der Waals surface area (Å²) in [5.41, 5.74) is 0.905. The van der Waals surface area contributed by atoms with E-state index in [1.807, 2.05) is 13.0 Å². The number of rotatable bonds is 4. The monoisotopic (exact) mass is 244 g/mol. The summed E-state index contributed by atoms with van der Waals surface area (Å²) in [5.74, 6) is 0.383. The van der Waals surface area contributed by atoms with E-state index in [2.05, 4.69) is 15.3 Å². The summed E-state index contributed by atoms with van der Waals surface area (Å²) < 4.78 is 13.0. The maximum atomic E-state index is 13.0. The second-order valence-electron chi connectivity index (χ2n) is 3.88. The van der Waals surface area contributed by atoms with Crippen LogP contribution in [-0.4, -0.2) is 9.97 Å². The molecule has 5 heteroatoms. The highest BCUT2D eigenvalue weighted by Crippen LogP contribution is 2.23. The average molecular weight is 244 g/mol. The molecule has 1 aromatic heterocycles. The van der Waals surface area contributed by atoms with Crippen LogP contribution in [0.2, 0.25) is 0 Å². The second-order valence-corrected chi connectivity index (χ2v) is 3.88. The number of anilines is 1. The van der Waals surface area contributed by atoms with Crippen molar-refractivity contribution < 1.29 is 4.39 Å². The van der Waals surface area contributed by atoms with Gasteiger partial charge in [-0.05, 0) is 24.6 Å². The molecule has 0 aliphatic carbocycles. The van der Waals surface area contributed by atoms with Crippen LogP contribution in [0.3, 0.4) is 0 Å². The smallest absolute Gasteiger partial charge is 0.128 e. The number of nitrogens with one attached hydrogen (secondary N) is 2. The van der Waals surface area contributed by atoms with E-state index in [4.69, 9.17) is 5.26 Å². The number of aromatic amines is 1. The number of halogens is 1. The molecule has 18 heavy (non-hydrogen) atoms. The summed E-state index contributed by atoms with van der Waals surface area (Å²) in [6.45, 7) is 2.01. The second kappa shape index (κ2) is 5.32. The van der Waals surface area contributed by atoms with Gasteiger partial charge in [0.2, 0.25) is 0 Å². The van der Waals surface area contributed by atoms with Crippen LogP contribution in [0.25, 0.3) is 0 Å². The topological polar surface area (TPSA) is 64.5 Å². The molecule has 92 valence electrons. The third-order valence-corrected chi connectivity index (χ3v) is 2.69. The number of imidazole rings is 1. The van der Waals surface area contributed by atoms with E-state index < -0.39 is 5.82 Å². The predicted molar refractivity (Wildman–Crippen MR) is 66.4 cm³/mol. The molecule has 0 aliphatic rings. The van der Waals surface area contributed by atoms with Crippen LogP contribution in [0, 0.1) is 17.1 Å². The fraction of sp³-hybridized carbons (Fsp3) is 0.231. The molecule has 0 radical (unpaired) electrons. The largest absolute Gasteiger partial charge is 0.374 e. The lowest BCUT2D eigenvalue weighted by Gasteiger charge is -2.17. The van der Waals surface area contributed by atoms with Gasteiger partial charge in [0.15, 0.2) is 0 Å². The zero-order valence-electron chi connectivity index (χ0n) is 9.94. The Labute approximate surface area is 104 Å². The number of nitrogens with zero attached hydrogens (tertiary/aromatic N) is 2. The minimum absolute atomic E-state index is 0.0300. The van der Waals surface area contributed by atoms with Gasteiger partial charge in [-0.3, -0.25) is 0 Å². The molecule has 0 bridgehead atoms. The van der Waals surface area contributed by atoms with Crippen molar-refractivity contribution in [1.82, 2.24) is 9.97 Å². The summed E-state index contributed by atoms with van der Waals surface area (Å²) in [7, 11) is 0. The SMILES string of the molecule is CCC(Nc1ccc(F)cc1C#N)c1ncc[nH]1. The zero-order valence-corrected chi connectivity index (χ0v) is 9.94. The van der Waals surface area contributed by atoms with Crippen LogP contribution in [0.4, 0.5) is 10.1 Å². The number of hydrogen-bond acceptors (Lipinski definition) is 3. The van der Waals surface area contributed by atoms with E-state index in [-0.39, 0.29) is 6.04 Å². The summed E-state index contributed by atoms with van der Waals surface area (Å²) in [4.78, 5) is 7.21.